The molecule has 2 N–H and O–H groups in total. The van der Waals surface area contributed by atoms with Crippen molar-refractivity contribution >= 4 is 17.7 Å². The zero-order valence-corrected chi connectivity index (χ0v) is 7.47. The molecule has 66 valence electrons. The molecule has 0 aromatic carbocycles. The molecular weight excluding hydrogens is 170 g/mol. The van der Waals surface area contributed by atoms with Gasteiger partial charge in [0, 0.05) is 0 Å². The van der Waals surface area contributed by atoms with Gasteiger partial charge in [0.05, 0.1) is 0 Å². The Bertz CT molecular complexity index is 141. The lowest BCUT2D eigenvalue weighted by atomic mass is 10.2. The molecule has 4 nitrogen and oxygen atoms in total. The lowest BCUT2D eigenvalue weighted by molar-refractivity contribution is 0.0446. The van der Waals surface area contributed by atoms with Crippen molar-refractivity contribution in [1.29, 1.82) is 0 Å². The van der Waals surface area contributed by atoms with Crippen LogP contribution in [0, 0.1) is 0 Å². The van der Waals surface area contributed by atoms with Gasteiger partial charge in [-0.3, -0.25) is 5.32 Å². The summed E-state index contributed by atoms with van der Waals surface area (Å²) in [6.07, 6.45) is -0.736. The van der Waals surface area contributed by atoms with Gasteiger partial charge in [0.15, 0.2) is 0 Å². The van der Waals surface area contributed by atoms with E-state index in [2.05, 4.69) is 0 Å². The number of rotatable bonds is 1. The van der Waals surface area contributed by atoms with Crippen LogP contribution in [0.25, 0.3) is 0 Å². The molecular formula is C6H12ClNO3. The van der Waals surface area contributed by atoms with Gasteiger partial charge in [0.1, 0.15) is 5.60 Å². The van der Waals surface area contributed by atoms with Crippen LogP contribution in [0.1, 0.15) is 20.8 Å². The van der Waals surface area contributed by atoms with E-state index in [9.17, 15) is 4.79 Å². The van der Waals surface area contributed by atoms with Crippen molar-refractivity contribution in [2.75, 3.05) is 0 Å². The Hall–Kier alpha value is -0.480. The summed E-state index contributed by atoms with van der Waals surface area (Å²) < 4.78 is 4.75. The first-order valence-corrected chi connectivity index (χ1v) is 3.56. The third-order valence-corrected chi connectivity index (χ3v) is 0.745. The fourth-order valence-electron chi connectivity index (χ4n) is 0.405. The van der Waals surface area contributed by atoms with Crippen LogP contribution in [0.4, 0.5) is 4.79 Å². The minimum absolute atomic E-state index is 0.574. The van der Waals surface area contributed by atoms with Crippen LogP contribution in [-0.2, 0) is 4.74 Å². The van der Waals surface area contributed by atoms with E-state index < -0.39 is 17.4 Å². The number of ether oxygens (including phenoxy) is 1. The van der Waals surface area contributed by atoms with Crippen LogP contribution >= 0.6 is 11.6 Å². The van der Waals surface area contributed by atoms with E-state index in [4.69, 9.17) is 21.4 Å². The first-order chi connectivity index (χ1) is 4.81. The largest absolute Gasteiger partial charge is 0.444 e. The number of hydrogen-bond acceptors (Lipinski definition) is 3. The topological polar surface area (TPSA) is 58.6 Å². The summed E-state index contributed by atoms with van der Waals surface area (Å²) in [5, 5.41) is 10.4. The fourth-order valence-corrected chi connectivity index (χ4v) is 0.494. The van der Waals surface area contributed by atoms with E-state index in [0.717, 1.165) is 0 Å². The number of aliphatic hydroxyl groups excluding tert-OH is 1. The van der Waals surface area contributed by atoms with E-state index >= 15 is 0 Å². The Balaban J connectivity index is 3.71. The highest BCUT2D eigenvalue weighted by Crippen LogP contribution is 2.06. The number of amides is 1. The first-order valence-electron chi connectivity index (χ1n) is 3.13. The molecule has 0 spiro atoms. The maximum atomic E-state index is 10.7. The maximum absolute atomic E-state index is 10.7. The van der Waals surface area contributed by atoms with Crippen molar-refractivity contribution in [3.63, 3.8) is 0 Å². The molecule has 0 heterocycles. The second-order valence-electron chi connectivity index (χ2n) is 2.98. The zero-order chi connectivity index (χ0) is 9.07. The number of hydrogen-bond donors (Lipinski definition) is 2. The minimum atomic E-state index is -1.40. The van der Waals surface area contributed by atoms with Gasteiger partial charge in [-0.2, -0.15) is 0 Å². The average Bonchev–Trinajstić information content (AvgIpc) is 1.53. The minimum Gasteiger partial charge on any atom is -0.444 e. The number of alkyl halides is 1. The van der Waals surface area contributed by atoms with Gasteiger partial charge < -0.3 is 9.84 Å². The Kier molecular flexibility index (Phi) is 3.62. The van der Waals surface area contributed by atoms with Crippen molar-refractivity contribution in [1.82, 2.24) is 5.32 Å². The lowest BCUT2D eigenvalue weighted by Gasteiger charge is -2.19. The van der Waals surface area contributed by atoms with Crippen LogP contribution in [0.2, 0.25) is 0 Å². The Morgan fingerprint density at radius 3 is 2.36 bits per heavy atom. The summed E-state index contributed by atoms with van der Waals surface area (Å²) in [4.78, 5) is 10.7. The van der Waals surface area contributed by atoms with Gasteiger partial charge in [-0.25, -0.2) is 4.79 Å². The highest BCUT2D eigenvalue weighted by Gasteiger charge is 2.16. The van der Waals surface area contributed by atoms with Crippen LogP contribution in [0.5, 0.6) is 0 Å². The predicted octanol–water partition coefficient (Wildman–Crippen LogP) is 1.03. The SMILES string of the molecule is CC(C)(C)OC(=O)NC(O)Cl. The molecule has 1 amide bonds. The highest BCUT2D eigenvalue weighted by atomic mass is 35.5. The van der Waals surface area contributed by atoms with Gasteiger partial charge in [0.25, 0.3) is 0 Å². The number of nitrogens with one attached hydrogen (secondary N) is 1. The van der Waals surface area contributed by atoms with E-state index in [-0.39, 0.29) is 0 Å². The van der Waals surface area contributed by atoms with Gasteiger partial charge in [-0.1, -0.05) is 11.6 Å². The van der Waals surface area contributed by atoms with Crippen LogP contribution in [0.15, 0.2) is 0 Å². The highest BCUT2D eigenvalue weighted by molar-refractivity contribution is 6.19. The second-order valence-corrected chi connectivity index (χ2v) is 3.40. The van der Waals surface area contributed by atoms with E-state index in [1.807, 2.05) is 5.32 Å². The molecule has 0 aliphatic heterocycles. The van der Waals surface area contributed by atoms with Crippen molar-refractivity contribution in [3.05, 3.63) is 0 Å². The molecule has 0 radical (unpaired) electrons. The number of alkyl carbamates (subject to hydrolysis) is 1. The molecule has 1 atom stereocenters. The fraction of sp³-hybridized carbons (Fsp3) is 0.833. The molecule has 0 rings (SSSR count). The summed E-state index contributed by atoms with van der Waals surface area (Å²) >= 11 is 5.05. The zero-order valence-electron chi connectivity index (χ0n) is 6.72. The molecule has 0 aromatic heterocycles. The van der Waals surface area contributed by atoms with Crippen molar-refractivity contribution in [3.8, 4) is 0 Å². The van der Waals surface area contributed by atoms with Crippen LogP contribution < -0.4 is 5.32 Å². The smallest absolute Gasteiger partial charge is 0.410 e. The van der Waals surface area contributed by atoms with E-state index in [0.29, 0.717) is 0 Å². The standard InChI is InChI=1S/C6H12ClNO3/c1-6(2,3)11-5(10)8-4(7)9/h4,9H,1-3H3,(H,8,10). The maximum Gasteiger partial charge on any atom is 0.410 e. The number of aliphatic hydroxyl groups is 1. The molecule has 1 unspecified atom stereocenters. The average molecular weight is 182 g/mol. The van der Waals surface area contributed by atoms with Crippen molar-refractivity contribution in [2.45, 2.75) is 32.1 Å². The summed E-state index contributed by atoms with van der Waals surface area (Å²) in [5.41, 5.74) is -1.97. The molecule has 0 saturated carbocycles. The summed E-state index contributed by atoms with van der Waals surface area (Å²) in [5.74, 6) is 0. The first kappa shape index (κ1) is 10.5. The van der Waals surface area contributed by atoms with Gasteiger partial charge in [-0.05, 0) is 20.8 Å². The normalized spacial score (nSPS) is 13.9. The van der Waals surface area contributed by atoms with Crippen LogP contribution in [0.3, 0.4) is 0 Å². The number of carbonyl (C=O) groups is 1. The number of carbonyl (C=O) groups excluding carboxylic acids is 1. The summed E-state index contributed by atoms with van der Waals surface area (Å²) in [6, 6.07) is 0. The molecule has 5 heteroatoms. The van der Waals surface area contributed by atoms with Gasteiger partial charge >= 0.3 is 6.09 Å². The number of halogens is 1. The van der Waals surface area contributed by atoms with Gasteiger partial charge in [0.2, 0.25) is 5.69 Å². The quantitative estimate of drug-likeness (QED) is 0.361. The van der Waals surface area contributed by atoms with Crippen molar-refractivity contribution < 1.29 is 14.6 Å². The lowest BCUT2D eigenvalue weighted by Crippen LogP contribution is -2.36. The third kappa shape index (κ3) is 7.42. The Morgan fingerprint density at radius 2 is 2.09 bits per heavy atom. The van der Waals surface area contributed by atoms with Crippen LogP contribution in [-0.4, -0.2) is 22.5 Å². The molecule has 0 bridgehead atoms. The van der Waals surface area contributed by atoms with Crippen molar-refractivity contribution in [2.24, 2.45) is 0 Å². The van der Waals surface area contributed by atoms with E-state index in [1.165, 1.54) is 0 Å². The Labute approximate surface area is 70.5 Å². The third-order valence-electron chi connectivity index (χ3n) is 0.636. The second kappa shape index (κ2) is 3.78. The molecule has 0 aliphatic carbocycles. The van der Waals surface area contributed by atoms with E-state index in [1.54, 1.807) is 20.8 Å². The summed E-state index contributed by atoms with van der Waals surface area (Å²) in [6.45, 7) is 5.15. The van der Waals surface area contributed by atoms with Gasteiger partial charge in [-0.15, -0.1) is 0 Å². The monoisotopic (exact) mass is 181 g/mol. The molecule has 0 aliphatic rings. The molecule has 0 saturated heterocycles. The Morgan fingerprint density at radius 1 is 1.64 bits per heavy atom. The summed E-state index contributed by atoms with van der Waals surface area (Å²) in [7, 11) is 0. The molecule has 0 fully saturated rings. The molecule has 11 heavy (non-hydrogen) atoms. The molecule has 0 aromatic rings. The predicted molar refractivity (Wildman–Crippen MR) is 41.2 cm³/mol.